The average molecular weight is 451 g/mol. The van der Waals surface area contributed by atoms with Gasteiger partial charge in [0.1, 0.15) is 11.6 Å². The minimum atomic E-state index is -4.39. The van der Waals surface area contributed by atoms with Crippen molar-refractivity contribution in [2.75, 3.05) is 11.3 Å². The Balaban J connectivity index is 2.02. The second-order valence-corrected chi connectivity index (χ2v) is 9.33. The molecule has 1 aliphatic carbocycles. The SMILES string of the molecule is O=S(=O)(Nc1c(F)cc(F)c(F)c1Cc1ccc(F)cc1F)C1(CC(O)CO)CC1. The molecule has 0 bridgehead atoms. The van der Waals surface area contributed by atoms with Gasteiger partial charge < -0.3 is 10.2 Å². The molecule has 1 aliphatic rings. The van der Waals surface area contributed by atoms with Crippen LogP contribution in [-0.4, -0.2) is 36.1 Å². The number of sulfonamides is 1. The van der Waals surface area contributed by atoms with E-state index in [4.69, 9.17) is 5.11 Å². The summed E-state index contributed by atoms with van der Waals surface area (Å²) in [5.41, 5.74) is -2.00. The van der Waals surface area contributed by atoms with E-state index in [1.807, 2.05) is 4.72 Å². The van der Waals surface area contributed by atoms with Crippen molar-refractivity contribution in [2.45, 2.75) is 36.5 Å². The second kappa shape index (κ2) is 8.12. The third-order valence-corrected chi connectivity index (χ3v) is 7.27. The first kappa shape index (κ1) is 22.4. The molecule has 1 atom stereocenters. The van der Waals surface area contributed by atoms with Gasteiger partial charge in [-0.1, -0.05) is 6.07 Å². The molecule has 164 valence electrons. The van der Waals surface area contributed by atoms with Gasteiger partial charge in [-0.2, -0.15) is 0 Å². The number of hydrogen-bond acceptors (Lipinski definition) is 4. The van der Waals surface area contributed by atoms with E-state index in [9.17, 15) is 35.5 Å². The lowest BCUT2D eigenvalue weighted by Crippen LogP contribution is -2.35. The summed E-state index contributed by atoms with van der Waals surface area (Å²) >= 11 is 0. The van der Waals surface area contributed by atoms with E-state index in [-0.39, 0.29) is 30.9 Å². The Bertz CT molecular complexity index is 1070. The van der Waals surface area contributed by atoms with Gasteiger partial charge in [-0.3, -0.25) is 4.72 Å². The number of benzene rings is 2. The highest BCUT2D eigenvalue weighted by Gasteiger charge is 2.55. The molecule has 1 unspecified atom stereocenters. The van der Waals surface area contributed by atoms with Crippen LogP contribution in [0.3, 0.4) is 0 Å². The Morgan fingerprint density at radius 3 is 2.27 bits per heavy atom. The maximum atomic E-state index is 14.4. The summed E-state index contributed by atoms with van der Waals surface area (Å²) in [6.45, 7) is -0.689. The van der Waals surface area contributed by atoms with Gasteiger partial charge in [-0.05, 0) is 30.9 Å². The van der Waals surface area contributed by atoms with E-state index in [1.54, 1.807) is 0 Å². The van der Waals surface area contributed by atoms with Crippen LogP contribution < -0.4 is 4.72 Å². The number of halogens is 5. The molecule has 0 heterocycles. The summed E-state index contributed by atoms with van der Waals surface area (Å²) in [7, 11) is -4.39. The molecule has 0 saturated heterocycles. The van der Waals surface area contributed by atoms with Gasteiger partial charge in [0.05, 0.1) is 23.1 Å². The molecular weight excluding hydrogens is 433 g/mol. The van der Waals surface area contributed by atoms with E-state index in [1.165, 1.54) is 0 Å². The maximum Gasteiger partial charge on any atom is 0.238 e. The quantitative estimate of drug-likeness (QED) is 0.426. The zero-order valence-corrected chi connectivity index (χ0v) is 16.2. The molecule has 0 aliphatic heterocycles. The van der Waals surface area contributed by atoms with Crippen LogP contribution in [0.15, 0.2) is 24.3 Å². The van der Waals surface area contributed by atoms with Crippen molar-refractivity contribution in [3.8, 4) is 0 Å². The van der Waals surface area contributed by atoms with E-state index in [2.05, 4.69) is 0 Å². The van der Waals surface area contributed by atoms with Crippen molar-refractivity contribution < 1.29 is 40.6 Å². The van der Waals surface area contributed by atoms with Crippen LogP contribution in [0, 0.1) is 29.1 Å². The minimum absolute atomic E-state index is 0.104. The van der Waals surface area contributed by atoms with Crippen LogP contribution in [0.1, 0.15) is 30.4 Å². The summed E-state index contributed by atoms with van der Waals surface area (Å²) in [4.78, 5) is 0. The van der Waals surface area contributed by atoms with Crippen molar-refractivity contribution in [2.24, 2.45) is 0 Å². The predicted molar refractivity (Wildman–Crippen MR) is 97.7 cm³/mol. The Labute approximate surface area is 169 Å². The smallest absolute Gasteiger partial charge is 0.238 e. The van der Waals surface area contributed by atoms with Gasteiger partial charge in [0.15, 0.2) is 17.5 Å². The zero-order chi connectivity index (χ0) is 22.3. The molecule has 3 rings (SSSR count). The third-order valence-electron chi connectivity index (χ3n) is 5.08. The van der Waals surface area contributed by atoms with Gasteiger partial charge in [-0.25, -0.2) is 30.4 Å². The average Bonchev–Trinajstić information content (AvgIpc) is 3.45. The van der Waals surface area contributed by atoms with Crippen LogP contribution in [0.5, 0.6) is 0 Å². The molecule has 0 radical (unpaired) electrons. The molecule has 2 aromatic rings. The maximum absolute atomic E-state index is 14.4. The molecule has 0 spiro atoms. The monoisotopic (exact) mass is 451 g/mol. The van der Waals surface area contributed by atoms with E-state index in [0.717, 1.165) is 12.1 Å². The number of rotatable bonds is 8. The van der Waals surface area contributed by atoms with Gasteiger partial charge in [0, 0.05) is 24.1 Å². The van der Waals surface area contributed by atoms with Gasteiger partial charge >= 0.3 is 0 Å². The summed E-state index contributed by atoms with van der Waals surface area (Å²) in [5.74, 6) is -6.63. The summed E-state index contributed by atoms with van der Waals surface area (Å²) in [6, 6.07) is 2.47. The highest BCUT2D eigenvalue weighted by molar-refractivity contribution is 7.94. The Kier molecular flexibility index (Phi) is 6.08. The minimum Gasteiger partial charge on any atom is -0.394 e. The number of nitrogens with one attached hydrogen (secondary N) is 1. The molecule has 0 aromatic heterocycles. The Hall–Kier alpha value is -2.24. The van der Waals surface area contributed by atoms with Crippen LogP contribution >= 0.6 is 0 Å². The number of aliphatic hydroxyl groups excluding tert-OH is 2. The molecule has 2 aromatic carbocycles. The summed E-state index contributed by atoms with van der Waals surface area (Å²) in [5, 5.41) is 18.6. The molecule has 3 N–H and O–H groups in total. The fourth-order valence-corrected chi connectivity index (χ4v) is 4.99. The Morgan fingerprint density at radius 1 is 1.03 bits per heavy atom. The first-order valence-electron chi connectivity index (χ1n) is 8.91. The van der Waals surface area contributed by atoms with E-state index >= 15 is 0 Å². The normalized spacial score (nSPS) is 16.4. The molecule has 1 saturated carbocycles. The van der Waals surface area contributed by atoms with Crippen molar-refractivity contribution in [3.05, 3.63) is 64.5 Å². The van der Waals surface area contributed by atoms with Gasteiger partial charge in [0.2, 0.25) is 10.0 Å². The van der Waals surface area contributed by atoms with Gasteiger partial charge in [0.25, 0.3) is 0 Å². The lowest BCUT2D eigenvalue weighted by Gasteiger charge is -2.22. The molecule has 1 fully saturated rings. The van der Waals surface area contributed by atoms with Crippen molar-refractivity contribution in [1.82, 2.24) is 0 Å². The Morgan fingerprint density at radius 2 is 1.70 bits per heavy atom. The van der Waals surface area contributed by atoms with Crippen LogP contribution in [0.2, 0.25) is 0 Å². The van der Waals surface area contributed by atoms with Crippen molar-refractivity contribution in [1.29, 1.82) is 0 Å². The molecule has 0 amide bonds. The van der Waals surface area contributed by atoms with Crippen molar-refractivity contribution >= 4 is 15.7 Å². The molecule has 11 heteroatoms. The van der Waals surface area contributed by atoms with E-state index in [0.29, 0.717) is 6.07 Å². The van der Waals surface area contributed by atoms with Crippen molar-refractivity contribution in [3.63, 3.8) is 0 Å². The third kappa shape index (κ3) is 4.28. The largest absolute Gasteiger partial charge is 0.394 e. The standard InChI is InChI=1S/C19H18F5NO4S/c20-11-2-1-10(14(21)6-11)5-13-17(24)15(22)7-16(23)18(13)25-30(28,29)19(3-4-19)8-12(27)9-26/h1-2,6-7,12,25-27H,3-5,8-9H2. The first-order chi connectivity index (χ1) is 14.0. The lowest BCUT2D eigenvalue weighted by atomic mass is 10.0. The van der Waals surface area contributed by atoms with Crippen LogP contribution in [0.4, 0.5) is 27.6 Å². The highest BCUT2D eigenvalue weighted by Crippen LogP contribution is 2.48. The highest BCUT2D eigenvalue weighted by atomic mass is 32.2. The zero-order valence-electron chi connectivity index (χ0n) is 15.4. The first-order valence-corrected chi connectivity index (χ1v) is 10.4. The van der Waals surface area contributed by atoms with Crippen LogP contribution in [0.25, 0.3) is 0 Å². The number of anilines is 1. The topological polar surface area (TPSA) is 86.6 Å². The number of aliphatic hydroxyl groups is 2. The predicted octanol–water partition coefficient (Wildman–Crippen LogP) is 2.99. The fraction of sp³-hybridized carbons (Fsp3) is 0.368. The van der Waals surface area contributed by atoms with E-state index < -0.39 is 74.2 Å². The molecule has 30 heavy (non-hydrogen) atoms. The van der Waals surface area contributed by atoms with Crippen LogP contribution in [-0.2, 0) is 16.4 Å². The molecular formula is C19H18F5NO4S. The lowest BCUT2D eigenvalue weighted by molar-refractivity contribution is 0.0858. The fourth-order valence-electron chi connectivity index (χ4n) is 3.24. The molecule has 5 nitrogen and oxygen atoms in total. The summed E-state index contributed by atoms with van der Waals surface area (Å²) in [6.07, 6.45) is -2.23. The number of hydrogen-bond donors (Lipinski definition) is 3. The van der Waals surface area contributed by atoms with Gasteiger partial charge in [-0.15, -0.1) is 0 Å². The second-order valence-electron chi connectivity index (χ2n) is 7.25. The summed E-state index contributed by atoms with van der Waals surface area (Å²) < 4.78 is 95.7.